The van der Waals surface area contributed by atoms with E-state index in [4.69, 9.17) is 0 Å². The molecule has 0 aliphatic heterocycles. The molecule has 11 heteroatoms. The van der Waals surface area contributed by atoms with Gasteiger partial charge in [-0.05, 0) is 19.9 Å². The largest absolute Gasteiger partial charge is 0.460 e. The summed E-state index contributed by atoms with van der Waals surface area (Å²) in [6.07, 6.45) is -6.55. The van der Waals surface area contributed by atoms with Gasteiger partial charge in [0.1, 0.15) is 0 Å². The van der Waals surface area contributed by atoms with Gasteiger partial charge in [-0.2, -0.15) is 40.5 Å². The lowest BCUT2D eigenvalue weighted by Crippen LogP contribution is -2.57. The smallest absolute Gasteiger partial charge is 0.265 e. The summed E-state index contributed by atoms with van der Waals surface area (Å²) in [6, 6.07) is 1.08. The Hall–Kier alpha value is -1.32. The molecule has 20 heavy (non-hydrogen) atoms. The van der Waals surface area contributed by atoms with Gasteiger partial charge in [-0.3, -0.25) is 4.79 Å². The van der Waals surface area contributed by atoms with E-state index in [1.165, 1.54) is 6.92 Å². The third-order valence-corrected chi connectivity index (χ3v) is 2.22. The Bertz CT molecular complexity index is 509. The van der Waals surface area contributed by atoms with Crippen molar-refractivity contribution in [2.24, 2.45) is 0 Å². The average Bonchev–Trinajstić information content (AvgIpc) is 2.54. The van der Waals surface area contributed by atoms with Gasteiger partial charge in [0.25, 0.3) is 0 Å². The van der Waals surface area contributed by atoms with E-state index in [0.717, 1.165) is 13.0 Å². The van der Waals surface area contributed by atoms with Crippen LogP contribution in [0.1, 0.15) is 16.2 Å². The fourth-order valence-corrected chi connectivity index (χ4v) is 1.28. The molecule has 3 nitrogen and oxygen atoms in total. The monoisotopic (exact) mass is 328 g/mol. The molecule has 1 aromatic heterocycles. The summed E-state index contributed by atoms with van der Waals surface area (Å²) in [7, 11) is 0. The van der Waals surface area contributed by atoms with Gasteiger partial charge in [0.2, 0.25) is 0 Å². The summed E-state index contributed by atoms with van der Waals surface area (Å²) >= 11 is 0. The van der Waals surface area contributed by atoms with Crippen LogP contribution in [0, 0.1) is 13.8 Å². The zero-order chi connectivity index (χ0) is 15.2. The first kappa shape index (κ1) is 18.7. The van der Waals surface area contributed by atoms with E-state index in [2.05, 4.69) is 5.10 Å². The Kier molecular flexibility index (Phi) is 4.88. The first-order chi connectivity index (χ1) is 8.32. The van der Waals surface area contributed by atoms with Gasteiger partial charge in [0, 0.05) is 5.69 Å². The molecule has 0 spiro atoms. The van der Waals surface area contributed by atoms with Crippen molar-refractivity contribution in [3.05, 3.63) is 17.5 Å². The van der Waals surface area contributed by atoms with Crippen LogP contribution in [0.15, 0.2) is 6.07 Å². The van der Waals surface area contributed by atoms with Crippen molar-refractivity contribution in [3.8, 4) is 0 Å². The van der Waals surface area contributed by atoms with E-state index in [9.17, 15) is 35.5 Å². The van der Waals surface area contributed by atoms with Gasteiger partial charge in [0.15, 0.2) is 0 Å². The van der Waals surface area contributed by atoms with Crippen LogP contribution in [-0.2, 0) is 0 Å². The van der Waals surface area contributed by atoms with Gasteiger partial charge >= 0.3 is 23.9 Å². The molecule has 116 valence electrons. The van der Waals surface area contributed by atoms with E-state index in [1.807, 2.05) is 0 Å². The van der Waals surface area contributed by atoms with Gasteiger partial charge in [-0.15, -0.1) is 12.4 Å². The highest BCUT2D eigenvalue weighted by Crippen LogP contribution is 2.47. The number of hydrogen-bond acceptors (Lipinski definition) is 2. The summed E-state index contributed by atoms with van der Waals surface area (Å²) in [5.41, 5.74) is -0.253. The van der Waals surface area contributed by atoms with E-state index in [1.54, 1.807) is 0 Å². The molecule has 1 heterocycles. The zero-order valence-corrected chi connectivity index (χ0v) is 10.8. The maximum absolute atomic E-state index is 13.1. The molecule has 0 aliphatic rings. The number of carbonyl (C=O) groups excluding carboxylic acids is 1. The van der Waals surface area contributed by atoms with Crippen LogP contribution in [0.5, 0.6) is 0 Å². The van der Waals surface area contributed by atoms with Crippen LogP contribution >= 0.6 is 12.4 Å². The van der Waals surface area contributed by atoms with Crippen molar-refractivity contribution in [1.82, 2.24) is 9.78 Å². The molecule has 0 bridgehead atoms. The standard InChI is InChI=1S/C9H7F7N2O.ClH/c1-4-3-5(2)18(17-4)6(19)7(10,11)8(12,13)9(14,15)16;/h3H,1-2H3;1H. The van der Waals surface area contributed by atoms with Crippen molar-refractivity contribution in [2.75, 3.05) is 0 Å². The maximum atomic E-state index is 13.1. The molecule has 0 fully saturated rings. The SMILES string of the molecule is Cc1cc(C)n(C(=O)C(F)(F)C(F)(F)C(F)(F)F)n1.Cl. The molecule has 0 aromatic carbocycles. The third kappa shape index (κ3) is 2.74. The Labute approximate surface area is 114 Å². The van der Waals surface area contributed by atoms with E-state index in [-0.39, 0.29) is 28.5 Å². The van der Waals surface area contributed by atoms with Crippen LogP contribution < -0.4 is 0 Å². The molecule has 0 amide bonds. The zero-order valence-electron chi connectivity index (χ0n) is 9.93. The first-order valence-corrected chi connectivity index (χ1v) is 4.73. The molecule has 0 N–H and O–H groups in total. The number of aryl methyl sites for hydroxylation is 2. The minimum absolute atomic E-state index is 0. The van der Waals surface area contributed by atoms with Crippen molar-refractivity contribution >= 4 is 18.3 Å². The number of nitrogens with zero attached hydrogens (tertiary/aromatic N) is 2. The second kappa shape index (κ2) is 5.23. The minimum atomic E-state index is -6.55. The number of rotatable bonds is 2. The average molecular weight is 329 g/mol. The molecule has 0 aliphatic carbocycles. The van der Waals surface area contributed by atoms with Crippen LogP contribution in [-0.4, -0.2) is 33.7 Å². The summed E-state index contributed by atoms with van der Waals surface area (Å²) in [6.45, 7) is 2.33. The molecule has 1 aromatic rings. The van der Waals surface area contributed by atoms with E-state index < -0.39 is 23.9 Å². The molecule has 0 radical (unpaired) electrons. The topological polar surface area (TPSA) is 34.9 Å². The fraction of sp³-hybridized carbons (Fsp3) is 0.556. The molecule has 0 saturated carbocycles. The Morgan fingerprint density at radius 2 is 1.55 bits per heavy atom. The predicted octanol–water partition coefficient (Wildman–Crippen LogP) is 3.39. The molecule has 0 saturated heterocycles. The summed E-state index contributed by atoms with van der Waals surface area (Å²) in [5.74, 6) is -15.2. The molecular weight excluding hydrogens is 321 g/mol. The van der Waals surface area contributed by atoms with Crippen LogP contribution in [0.25, 0.3) is 0 Å². The van der Waals surface area contributed by atoms with Crippen molar-refractivity contribution < 1.29 is 35.5 Å². The third-order valence-electron chi connectivity index (χ3n) is 2.22. The molecular formula is C9H8ClF7N2O. The number of aromatic nitrogens is 2. The normalized spacial score (nSPS) is 13.1. The minimum Gasteiger partial charge on any atom is -0.265 e. The highest BCUT2D eigenvalue weighted by Gasteiger charge is 2.76. The van der Waals surface area contributed by atoms with Crippen LogP contribution in [0.2, 0.25) is 0 Å². The summed E-state index contributed by atoms with van der Waals surface area (Å²) in [5, 5.41) is 3.16. The Morgan fingerprint density at radius 3 is 1.85 bits per heavy atom. The lowest BCUT2D eigenvalue weighted by molar-refractivity contribution is -0.340. The van der Waals surface area contributed by atoms with E-state index in [0.29, 0.717) is 0 Å². The van der Waals surface area contributed by atoms with Gasteiger partial charge in [-0.25, -0.2) is 0 Å². The molecule has 0 unspecified atom stereocenters. The number of carbonyl (C=O) groups is 1. The fourth-order valence-electron chi connectivity index (χ4n) is 1.28. The van der Waals surface area contributed by atoms with Crippen LogP contribution in [0.3, 0.4) is 0 Å². The maximum Gasteiger partial charge on any atom is 0.460 e. The van der Waals surface area contributed by atoms with Gasteiger partial charge in [-0.1, -0.05) is 0 Å². The lowest BCUT2D eigenvalue weighted by Gasteiger charge is -2.26. The highest BCUT2D eigenvalue weighted by molar-refractivity contribution is 5.87. The van der Waals surface area contributed by atoms with Crippen molar-refractivity contribution in [2.45, 2.75) is 31.9 Å². The summed E-state index contributed by atoms with van der Waals surface area (Å²) in [4.78, 5) is 11.2. The van der Waals surface area contributed by atoms with Crippen molar-refractivity contribution in [1.29, 1.82) is 0 Å². The van der Waals surface area contributed by atoms with E-state index >= 15 is 0 Å². The quantitative estimate of drug-likeness (QED) is 0.780. The highest BCUT2D eigenvalue weighted by atomic mass is 35.5. The van der Waals surface area contributed by atoms with Crippen molar-refractivity contribution in [3.63, 3.8) is 0 Å². The second-order valence-corrected chi connectivity index (χ2v) is 3.79. The Morgan fingerprint density at radius 1 is 1.10 bits per heavy atom. The van der Waals surface area contributed by atoms with Crippen LogP contribution in [0.4, 0.5) is 30.7 Å². The number of halogens is 8. The predicted molar refractivity (Wildman–Crippen MR) is 55.5 cm³/mol. The summed E-state index contributed by atoms with van der Waals surface area (Å²) < 4.78 is 87.0. The molecule has 1 rings (SSSR count). The van der Waals surface area contributed by atoms with Gasteiger partial charge in [0.05, 0.1) is 5.69 Å². The molecule has 0 atom stereocenters. The Balaban J connectivity index is 0.00000361. The second-order valence-electron chi connectivity index (χ2n) is 3.79. The number of alkyl halides is 7. The lowest BCUT2D eigenvalue weighted by atomic mass is 10.1. The first-order valence-electron chi connectivity index (χ1n) is 4.73. The number of hydrogen-bond donors (Lipinski definition) is 0. The van der Waals surface area contributed by atoms with Gasteiger partial charge < -0.3 is 0 Å².